The van der Waals surface area contributed by atoms with Gasteiger partial charge >= 0.3 is 11.9 Å². The summed E-state index contributed by atoms with van der Waals surface area (Å²) in [7, 11) is 2.88. The molecule has 0 heterocycles. The van der Waals surface area contributed by atoms with Gasteiger partial charge in [0, 0.05) is 12.8 Å². The number of rotatable bonds is 12. The van der Waals surface area contributed by atoms with Crippen molar-refractivity contribution in [1.82, 2.24) is 0 Å². The van der Waals surface area contributed by atoms with Crippen molar-refractivity contribution < 1.29 is 19.1 Å². The molecule has 0 radical (unpaired) electrons. The molecule has 1 atom stereocenters. The van der Waals surface area contributed by atoms with Gasteiger partial charge in [-0.25, -0.2) is 0 Å². The van der Waals surface area contributed by atoms with Gasteiger partial charge in [-0.1, -0.05) is 46.0 Å². The molecule has 0 aliphatic rings. The monoisotopic (exact) mass is 300 g/mol. The summed E-state index contributed by atoms with van der Waals surface area (Å²) < 4.78 is 9.32. The molecule has 0 aromatic heterocycles. The minimum absolute atomic E-state index is 0.108. The third-order valence-electron chi connectivity index (χ3n) is 4.07. The van der Waals surface area contributed by atoms with Crippen molar-refractivity contribution in [3.63, 3.8) is 0 Å². The fourth-order valence-corrected chi connectivity index (χ4v) is 2.52. The van der Waals surface area contributed by atoms with Gasteiger partial charge in [0.05, 0.1) is 14.2 Å². The lowest BCUT2D eigenvalue weighted by Crippen LogP contribution is -2.12. The molecule has 0 N–H and O–H groups in total. The topological polar surface area (TPSA) is 52.6 Å². The molecule has 0 aromatic carbocycles. The molecule has 0 amide bonds. The molecular weight excluding hydrogens is 268 g/mol. The molecule has 21 heavy (non-hydrogen) atoms. The predicted octanol–water partition coefficient (Wildman–Crippen LogP) is 4.12. The Hall–Kier alpha value is -1.06. The van der Waals surface area contributed by atoms with E-state index >= 15 is 0 Å². The van der Waals surface area contributed by atoms with Crippen LogP contribution in [0.4, 0.5) is 0 Å². The Morgan fingerprint density at radius 2 is 1.29 bits per heavy atom. The highest BCUT2D eigenvalue weighted by Gasteiger charge is 2.15. The summed E-state index contributed by atoms with van der Waals surface area (Å²) in [5.41, 5.74) is 0. The lowest BCUT2D eigenvalue weighted by molar-refractivity contribution is -0.141. The van der Waals surface area contributed by atoms with E-state index in [9.17, 15) is 9.59 Å². The Balaban J connectivity index is 3.65. The highest BCUT2D eigenvalue weighted by atomic mass is 16.5. The molecule has 0 fully saturated rings. The Kier molecular flexibility index (Phi) is 12.0. The van der Waals surface area contributed by atoms with Crippen molar-refractivity contribution in [3.8, 4) is 0 Å². The van der Waals surface area contributed by atoms with Gasteiger partial charge < -0.3 is 9.47 Å². The first kappa shape index (κ1) is 19.9. The maximum absolute atomic E-state index is 11.2. The van der Waals surface area contributed by atoms with Gasteiger partial charge in [-0.05, 0) is 24.7 Å². The number of esters is 2. The molecule has 0 spiro atoms. The van der Waals surface area contributed by atoms with Crippen LogP contribution < -0.4 is 0 Å². The van der Waals surface area contributed by atoms with Gasteiger partial charge in [-0.3, -0.25) is 9.59 Å². The minimum atomic E-state index is -0.113. The van der Waals surface area contributed by atoms with Crippen LogP contribution in [0.15, 0.2) is 0 Å². The fourth-order valence-electron chi connectivity index (χ4n) is 2.52. The molecular formula is C17H32O4. The summed E-state index contributed by atoms with van der Waals surface area (Å²) >= 11 is 0. The van der Waals surface area contributed by atoms with Crippen molar-refractivity contribution in [1.29, 1.82) is 0 Å². The maximum atomic E-state index is 11.2. The van der Waals surface area contributed by atoms with E-state index in [0.717, 1.165) is 19.3 Å². The standard InChI is InChI=1S/C17H32O4/c1-14(2)15(12-13-17(19)21-4)10-8-6-5-7-9-11-16(18)20-3/h14-15H,5-13H2,1-4H3. The first-order chi connectivity index (χ1) is 10.0. The van der Waals surface area contributed by atoms with Crippen molar-refractivity contribution >= 4 is 11.9 Å². The molecule has 0 aliphatic heterocycles. The Bertz CT molecular complexity index is 287. The third-order valence-corrected chi connectivity index (χ3v) is 4.07. The van der Waals surface area contributed by atoms with Gasteiger partial charge in [0.15, 0.2) is 0 Å². The van der Waals surface area contributed by atoms with Crippen LogP contribution in [-0.2, 0) is 19.1 Å². The number of methoxy groups -OCH3 is 2. The molecule has 0 bridgehead atoms. The highest BCUT2D eigenvalue weighted by Crippen LogP contribution is 2.24. The largest absolute Gasteiger partial charge is 0.469 e. The van der Waals surface area contributed by atoms with E-state index in [0.29, 0.717) is 24.7 Å². The molecule has 0 aromatic rings. The van der Waals surface area contributed by atoms with E-state index in [1.165, 1.54) is 39.9 Å². The SMILES string of the molecule is COC(=O)CCCCCCCC(CCC(=O)OC)C(C)C. The van der Waals surface area contributed by atoms with E-state index in [1.807, 2.05) is 0 Å². The minimum Gasteiger partial charge on any atom is -0.469 e. The lowest BCUT2D eigenvalue weighted by Gasteiger charge is -2.20. The molecule has 4 nitrogen and oxygen atoms in total. The second kappa shape index (κ2) is 12.7. The van der Waals surface area contributed by atoms with Crippen molar-refractivity contribution in [2.24, 2.45) is 11.8 Å². The van der Waals surface area contributed by atoms with Gasteiger partial charge in [0.2, 0.25) is 0 Å². The van der Waals surface area contributed by atoms with Gasteiger partial charge in [0.1, 0.15) is 0 Å². The van der Waals surface area contributed by atoms with Crippen LogP contribution in [0, 0.1) is 11.8 Å². The summed E-state index contributed by atoms with van der Waals surface area (Å²) in [4.78, 5) is 22.2. The second-order valence-electron chi connectivity index (χ2n) is 6.00. The molecule has 1 unspecified atom stereocenters. The summed E-state index contributed by atoms with van der Waals surface area (Å²) in [6, 6.07) is 0. The summed E-state index contributed by atoms with van der Waals surface area (Å²) in [6.45, 7) is 4.44. The van der Waals surface area contributed by atoms with Crippen LogP contribution in [-0.4, -0.2) is 26.2 Å². The van der Waals surface area contributed by atoms with Crippen molar-refractivity contribution in [3.05, 3.63) is 0 Å². The van der Waals surface area contributed by atoms with E-state index in [-0.39, 0.29) is 11.9 Å². The number of hydrogen-bond acceptors (Lipinski definition) is 4. The first-order valence-corrected chi connectivity index (χ1v) is 8.14. The first-order valence-electron chi connectivity index (χ1n) is 8.14. The zero-order chi connectivity index (χ0) is 16.1. The highest BCUT2D eigenvalue weighted by molar-refractivity contribution is 5.69. The quantitative estimate of drug-likeness (QED) is 0.402. The maximum Gasteiger partial charge on any atom is 0.305 e. The number of carbonyl (C=O) groups is 2. The van der Waals surface area contributed by atoms with Crippen LogP contribution in [0.1, 0.15) is 71.6 Å². The molecule has 0 saturated heterocycles. The van der Waals surface area contributed by atoms with Crippen LogP contribution in [0.2, 0.25) is 0 Å². The number of unbranched alkanes of at least 4 members (excludes halogenated alkanes) is 4. The third kappa shape index (κ3) is 11.3. The van der Waals surface area contributed by atoms with Crippen LogP contribution in [0.3, 0.4) is 0 Å². The molecule has 0 aliphatic carbocycles. The molecule has 0 saturated carbocycles. The van der Waals surface area contributed by atoms with Crippen molar-refractivity contribution in [2.45, 2.75) is 71.6 Å². The summed E-state index contributed by atoms with van der Waals surface area (Å²) in [5.74, 6) is 0.981. The Labute approximate surface area is 129 Å². The zero-order valence-electron chi connectivity index (χ0n) is 14.2. The zero-order valence-corrected chi connectivity index (χ0v) is 14.2. The molecule has 4 heteroatoms. The number of hydrogen-bond donors (Lipinski definition) is 0. The lowest BCUT2D eigenvalue weighted by atomic mass is 9.86. The van der Waals surface area contributed by atoms with Crippen molar-refractivity contribution in [2.75, 3.05) is 14.2 Å². The van der Waals surface area contributed by atoms with Gasteiger partial charge in [-0.15, -0.1) is 0 Å². The summed E-state index contributed by atoms with van der Waals surface area (Å²) in [6.07, 6.45) is 8.72. The fraction of sp³-hybridized carbons (Fsp3) is 0.882. The van der Waals surface area contributed by atoms with Crippen LogP contribution in [0.5, 0.6) is 0 Å². The number of carbonyl (C=O) groups excluding carboxylic acids is 2. The van der Waals surface area contributed by atoms with E-state index in [1.54, 1.807) is 0 Å². The van der Waals surface area contributed by atoms with E-state index < -0.39 is 0 Å². The normalized spacial score (nSPS) is 12.2. The van der Waals surface area contributed by atoms with Gasteiger partial charge in [-0.2, -0.15) is 0 Å². The van der Waals surface area contributed by atoms with Gasteiger partial charge in [0.25, 0.3) is 0 Å². The van der Waals surface area contributed by atoms with Crippen LogP contribution >= 0.6 is 0 Å². The average molecular weight is 300 g/mol. The Morgan fingerprint density at radius 1 is 0.762 bits per heavy atom. The van der Waals surface area contributed by atoms with Crippen LogP contribution in [0.25, 0.3) is 0 Å². The summed E-state index contributed by atoms with van der Waals surface area (Å²) in [5, 5.41) is 0. The average Bonchev–Trinajstić information content (AvgIpc) is 2.47. The van der Waals surface area contributed by atoms with E-state index in [4.69, 9.17) is 4.74 Å². The number of ether oxygens (including phenoxy) is 2. The molecule has 0 rings (SSSR count). The Morgan fingerprint density at radius 3 is 1.86 bits per heavy atom. The smallest absolute Gasteiger partial charge is 0.305 e. The second-order valence-corrected chi connectivity index (χ2v) is 6.00. The predicted molar refractivity (Wildman–Crippen MR) is 83.9 cm³/mol. The van der Waals surface area contributed by atoms with E-state index in [2.05, 4.69) is 18.6 Å². The molecule has 124 valence electrons.